The van der Waals surface area contributed by atoms with Gasteiger partial charge in [0.1, 0.15) is 0 Å². The molecule has 3 saturated carbocycles. The summed E-state index contributed by atoms with van der Waals surface area (Å²) < 4.78 is 13.1. The molecule has 1 saturated heterocycles. The van der Waals surface area contributed by atoms with Gasteiger partial charge < -0.3 is 26.1 Å². The Morgan fingerprint density at radius 3 is 2.62 bits per heavy atom. The maximum Gasteiger partial charge on any atom is 0.481 e. The quantitative estimate of drug-likeness (QED) is 0.111. The molecule has 1 heterocycles. The molecule has 1 amide bonds. The van der Waals surface area contributed by atoms with Crippen molar-refractivity contribution in [2.45, 2.75) is 64.1 Å². The number of hydrogen-bond acceptors (Lipinski definition) is 6. The van der Waals surface area contributed by atoms with Crippen molar-refractivity contribution in [2.24, 2.45) is 33.7 Å². The highest BCUT2D eigenvalue weighted by atomic mass is 16.7. The van der Waals surface area contributed by atoms with Gasteiger partial charge in [0.2, 0.25) is 0 Å². The molecule has 5 atom stereocenters. The number of carbonyl (C=O) groups excluding carboxylic acids is 1. The molecule has 206 valence electrons. The molecule has 2 bridgehead atoms. The Labute approximate surface area is 228 Å². The fraction of sp³-hybridized carbons (Fsp3) is 0.500. The highest BCUT2D eigenvalue weighted by molar-refractivity contribution is 6.48. The first-order valence-corrected chi connectivity index (χ1v) is 13.5. The maximum atomic E-state index is 13.4. The molecule has 6 rings (SSSR count). The SMILES string of the molecule is CC1(C)C2CC1[C@]1(C)OB([C@H](CCCN=C(N)N)NC(=O)c3ccc(-c4ccccc4)c([N+](=O)[O-])c3)O[C@@H]1C2. The van der Waals surface area contributed by atoms with E-state index >= 15 is 0 Å². The Morgan fingerprint density at radius 2 is 1.95 bits per heavy atom. The van der Waals surface area contributed by atoms with E-state index in [9.17, 15) is 14.9 Å². The minimum absolute atomic E-state index is 0.00954. The molecule has 0 spiro atoms. The van der Waals surface area contributed by atoms with Gasteiger partial charge in [0.25, 0.3) is 11.6 Å². The van der Waals surface area contributed by atoms with Crippen LogP contribution in [0.3, 0.4) is 0 Å². The summed E-state index contributed by atoms with van der Waals surface area (Å²) in [4.78, 5) is 28.9. The molecular weight excluding hydrogens is 497 g/mol. The largest absolute Gasteiger partial charge is 0.481 e. The third-order valence-corrected chi connectivity index (χ3v) is 9.12. The molecular formula is C28H36BN5O5. The smallest absolute Gasteiger partial charge is 0.404 e. The summed E-state index contributed by atoms with van der Waals surface area (Å²) in [5, 5.41) is 14.9. The van der Waals surface area contributed by atoms with Crippen molar-refractivity contribution >= 4 is 24.7 Å². The van der Waals surface area contributed by atoms with E-state index < -0.39 is 29.5 Å². The summed E-state index contributed by atoms with van der Waals surface area (Å²) in [6.45, 7) is 7.12. The first kappa shape index (κ1) is 27.1. The Hall–Kier alpha value is -3.44. The number of carbonyl (C=O) groups is 1. The topological polar surface area (TPSA) is 155 Å². The third-order valence-electron chi connectivity index (χ3n) is 9.12. The van der Waals surface area contributed by atoms with Crippen LogP contribution in [0.2, 0.25) is 0 Å². The number of amides is 1. The molecule has 2 aromatic rings. The van der Waals surface area contributed by atoms with Crippen LogP contribution in [0, 0.1) is 27.4 Å². The van der Waals surface area contributed by atoms with Crippen molar-refractivity contribution in [1.82, 2.24) is 5.32 Å². The van der Waals surface area contributed by atoms with E-state index in [0.717, 1.165) is 12.8 Å². The number of guanidine groups is 1. The van der Waals surface area contributed by atoms with Gasteiger partial charge in [-0.3, -0.25) is 19.9 Å². The Bertz CT molecular complexity index is 1280. The first-order valence-electron chi connectivity index (χ1n) is 13.5. The van der Waals surface area contributed by atoms with Gasteiger partial charge in [0.15, 0.2) is 5.96 Å². The Morgan fingerprint density at radius 1 is 1.21 bits per heavy atom. The van der Waals surface area contributed by atoms with Crippen LogP contribution >= 0.6 is 0 Å². The van der Waals surface area contributed by atoms with Crippen LogP contribution < -0.4 is 16.8 Å². The van der Waals surface area contributed by atoms with E-state index in [0.29, 0.717) is 42.3 Å². The van der Waals surface area contributed by atoms with Gasteiger partial charge in [-0.05, 0) is 67.6 Å². The van der Waals surface area contributed by atoms with Gasteiger partial charge in [-0.2, -0.15) is 0 Å². The van der Waals surface area contributed by atoms with E-state index in [-0.39, 0.29) is 28.7 Å². The van der Waals surface area contributed by atoms with Crippen LogP contribution in [-0.2, 0) is 9.31 Å². The summed E-state index contributed by atoms with van der Waals surface area (Å²) in [5.74, 6) is 0.0745. The number of nitrogens with zero attached hydrogens (tertiary/aromatic N) is 2. The zero-order chi connectivity index (χ0) is 27.9. The molecule has 3 aliphatic carbocycles. The monoisotopic (exact) mass is 533 g/mol. The minimum atomic E-state index is -0.642. The van der Waals surface area contributed by atoms with E-state index in [1.54, 1.807) is 24.3 Å². The summed E-state index contributed by atoms with van der Waals surface area (Å²) in [6.07, 6.45) is 3.12. The zero-order valence-electron chi connectivity index (χ0n) is 22.6. The van der Waals surface area contributed by atoms with Gasteiger partial charge in [-0.15, -0.1) is 0 Å². The summed E-state index contributed by atoms with van der Waals surface area (Å²) >= 11 is 0. The normalized spacial score (nSPS) is 27.2. The van der Waals surface area contributed by atoms with Crippen LogP contribution in [0.25, 0.3) is 11.1 Å². The molecule has 4 aliphatic rings. The molecule has 1 aliphatic heterocycles. The molecule has 11 heteroatoms. The van der Waals surface area contributed by atoms with Crippen molar-refractivity contribution in [3.63, 3.8) is 0 Å². The van der Waals surface area contributed by atoms with E-state index in [1.807, 2.05) is 18.2 Å². The molecule has 0 radical (unpaired) electrons. The van der Waals surface area contributed by atoms with E-state index in [2.05, 4.69) is 31.1 Å². The molecule has 0 aromatic heterocycles. The van der Waals surface area contributed by atoms with Crippen molar-refractivity contribution in [3.05, 3.63) is 64.2 Å². The molecule has 2 aromatic carbocycles. The highest BCUT2D eigenvalue weighted by Gasteiger charge is 2.68. The van der Waals surface area contributed by atoms with Crippen LogP contribution in [0.5, 0.6) is 0 Å². The van der Waals surface area contributed by atoms with Crippen molar-refractivity contribution in [1.29, 1.82) is 0 Å². The second kappa shape index (κ2) is 10.3. The minimum Gasteiger partial charge on any atom is -0.404 e. The average Bonchev–Trinajstić information content (AvgIpc) is 3.27. The molecule has 4 fully saturated rings. The van der Waals surface area contributed by atoms with E-state index in [1.165, 1.54) is 6.07 Å². The van der Waals surface area contributed by atoms with Crippen LogP contribution in [-0.4, -0.2) is 48.1 Å². The Kier molecular flexibility index (Phi) is 7.15. The predicted octanol–water partition coefficient (Wildman–Crippen LogP) is 3.68. The number of benzene rings is 2. The lowest BCUT2D eigenvalue weighted by atomic mass is 9.43. The molecule has 2 unspecified atom stereocenters. The lowest BCUT2D eigenvalue weighted by molar-refractivity contribution is -0.384. The van der Waals surface area contributed by atoms with Gasteiger partial charge in [-0.25, -0.2) is 0 Å². The third kappa shape index (κ3) is 5.01. The van der Waals surface area contributed by atoms with Gasteiger partial charge in [0.05, 0.1) is 28.1 Å². The standard InChI is InChI=1S/C28H36BN5O5/c1-27(2)19-15-22(27)28(3)23(16-19)38-29(39-28)24(10-7-13-32-26(30)31)33-25(35)18-11-12-20(21(14-18)34(36)37)17-8-5-4-6-9-17/h4-6,8-9,11-12,14,19,22-24H,7,10,13,15-16H2,1-3H3,(H,33,35)(H4,30,31,32)/t19?,22?,23-,24+,28+/m1/s1. The second-order valence-corrected chi connectivity index (χ2v) is 11.7. The average molecular weight is 533 g/mol. The maximum absolute atomic E-state index is 13.4. The van der Waals surface area contributed by atoms with Crippen LogP contribution in [0.4, 0.5) is 5.69 Å². The predicted molar refractivity (Wildman–Crippen MR) is 150 cm³/mol. The Balaban J connectivity index is 1.37. The summed E-state index contributed by atoms with van der Waals surface area (Å²) in [5.41, 5.74) is 11.9. The number of aliphatic imine (C=N–C) groups is 1. The van der Waals surface area contributed by atoms with Crippen molar-refractivity contribution in [2.75, 3.05) is 6.54 Å². The summed E-state index contributed by atoms with van der Waals surface area (Å²) in [7, 11) is -0.642. The number of nitrogens with one attached hydrogen (secondary N) is 1. The van der Waals surface area contributed by atoms with Crippen LogP contribution in [0.15, 0.2) is 53.5 Å². The number of hydrogen-bond donors (Lipinski definition) is 3. The van der Waals surface area contributed by atoms with Gasteiger partial charge in [0, 0.05) is 18.2 Å². The first-order chi connectivity index (χ1) is 18.5. The number of nitro benzene ring substituents is 1. The summed E-state index contributed by atoms with van der Waals surface area (Å²) in [6, 6.07) is 13.6. The van der Waals surface area contributed by atoms with Crippen LogP contribution in [0.1, 0.15) is 56.8 Å². The number of nitro groups is 1. The van der Waals surface area contributed by atoms with Crippen molar-refractivity contribution < 1.29 is 19.0 Å². The number of nitrogens with two attached hydrogens (primary N) is 2. The lowest BCUT2D eigenvalue weighted by Crippen LogP contribution is -2.65. The van der Waals surface area contributed by atoms with Crippen molar-refractivity contribution in [3.8, 4) is 11.1 Å². The molecule has 39 heavy (non-hydrogen) atoms. The zero-order valence-corrected chi connectivity index (χ0v) is 22.6. The highest BCUT2D eigenvalue weighted by Crippen LogP contribution is 2.65. The fourth-order valence-electron chi connectivity index (χ4n) is 6.80. The fourth-order valence-corrected chi connectivity index (χ4v) is 6.80. The number of rotatable bonds is 9. The molecule has 10 nitrogen and oxygen atoms in total. The molecule has 5 N–H and O–H groups in total. The lowest BCUT2D eigenvalue weighted by Gasteiger charge is -2.64. The van der Waals surface area contributed by atoms with E-state index in [4.69, 9.17) is 20.8 Å². The van der Waals surface area contributed by atoms with Gasteiger partial charge >= 0.3 is 7.12 Å². The van der Waals surface area contributed by atoms with Gasteiger partial charge in [-0.1, -0.05) is 44.2 Å². The second-order valence-electron chi connectivity index (χ2n) is 11.7.